The second-order valence-electron chi connectivity index (χ2n) is 7.32. The number of nitrogens with one attached hydrogen (secondary N) is 1. The minimum atomic E-state index is -3.45. The molecule has 1 saturated heterocycles. The maximum atomic E-state index is 12.6. The molecule has 0 unspecified atom stereocenters. The fourth-order valence-corrected chi connectivity index (χ4v) is 4.56. The molecular weight excluding hydrogens is 344 g/mol. The van der Waals surface area contributed by atoms with Gasteiger partial charge in [0.1, 0.15) is 0 Å². The van der Waals surface area contributed by atoms with Gasteiger partial charge in [0.25, 0.3) is 0 Å². The highest BCUT2D eigenvalue weighted by Crippen LogP contribution is 2.22. The molecule has 1 heterocycles. The van der Waals surface area contributed by atoms with E-state index < -0.39 is 10.0 Å². The van der Waals surface area contributed by atoms with Crippen LogP contribution in [0.1, 0.15) is 26.7 Å². The smallest absolute Gasteiger partial charge is 0.240 e. The third-order valence-electron chi connectivity index (χ3n) is 5.21. The molecule has 0 saturated carbocycles. The molecule has 0 atom stereocenters. The van der Waals surface area contributed by atoms with Crippen LogP contribution in [-0.4, -0.2) is 39.0 Å². The van der Waals surface area contributed by atoms with E-state index in [1.165, 1.54) is 0 Å². The normalized spacial score (nSPS) is 16.9. The molecule has 140 valence electrons. The van der Waals surface area contributed by atoms with Crippen LogP contribution in [-0.2, 0) is 10.0 Å². The zero-order valence-corrected chi connectivity index (χ0v) is 16.4. The van der Waals surface area contributed by atoms with E-state index in [1.54, 1.807) is 12.1 Å². The Bertz CT molecular complexity index is 794. The van der Waals surface area contributed by atoms with Gasteiger partial charge in [0.2, 0.25) is 10.0 Å². The van der Waals surface area contributed by atoms with Gasteiger partial charge in [-0.05, 0) is 69.0 Å². The van der Waals surface area contributed by atoms with Crippen LogP contribution in [0.25, 0.3) is 11.1 Å². The topological polar surface area (TPSA) is 49.4 Å². The first-order valence-corrected chi connectivity index (χ1v) is 10.8. The van der Waals surface area contributed by atoms with E-state index in [-0.39, 0.29) is 0 Å². The molecule has 0 aliphatic carbocycles. The quantitative estimate of drug-likeness (QED) is 0.840. The number of hydrogen-bond donors (Lipinski definition) is 1. The van der Waals surface area contributed by atoms with Crippen molar-refractivity contribution in [2.45, 2.75) is 37.6 Å². The lowest BCUT2D eigenvalue weighted by molar-refractivity contribution is 0.151. The van der Waals surface area contributed by atoms with Gasteiger partial charge in [-0.3, -0.25) is 0 Å². The van der Waals surface area contributed by atoms with E-state index in [1.807, 2.05) is 42.5 Å². The van der Waals surface area contributed by atoms with E-state index in [9.17, 15) is 8.42 Å². The molecule has 0 bridgehead atoms. The molecule has 26 heavy (non-hydrogen) atoms. The first-order chi connectivity index (χ1) is 12.5. The molecule has 1 fully saturated rings. The van der Waals surface area contributed by atoms with Crippen LogP contribution >= 0.6 is 0 Å². The highest BCUT2D eigenvalue weighted by molar-refractivity contribution is 7.89. The molecule has 0 amide bonds. The molecule has 0 aromatic heterocycles. The van der Waals surface area contributed by atoms with Crippen LogP contribution in [0.15, 0.2) is 59.5 Å². The highest BCUT2D eigenvalue weighted by atomic mass is 32.2. The van der Waals surface area contributed by atoms with Gasteiger partial charge in [-0.1, -0.05) is 42.5 Å². The minimum absolute atomic E-state index is 0.330. The first kappa shape index (κ1) is 19.1. The second-order valence-corrected chi connectivity index (χ2v) is 9.08. The maximum absolute atomic E-state index is 12.6. The van der Waals surface area contributed by atoms with Crippen molar-refractivity contribution in [3.05, 3.63) is 54.6 Å². The van der Waals surface area contributed by atoms with Crippen LogP contribution in [0.4, 0.5) is 0 Å². The Balaban J connectivity index is 1.58. The molecule has 2 aromatic rings. The Morgan fingerprint density at radius 3 is 2.12 bits per heavy atom. The highest BCUT2D eigenvalue weighted by Gasteiger charge is 2.23. The third kappa shape index (κ3) is 4.72. The summed E-state index contributed by atoms with van der Waals surface area (Å²) < 4.78 is 27.9. The van der Waals surface area contributed by atoms with Gasteiger partial charge in [-0.2, -0.15) is 0 Å². The van der Waals surface area contributed by atoms with E-state index in [0.29, 0.717) is 23.4 Å². The van der Waals surface area contributed by atoms with E-state index >= 15 is 0 Å². The Hall–Kier alpha value is -1.69. The van der Waals surface area contributed by atoms with Crippen molar-refractivity contribution in [3.63, 3.8) is 0 Å². The van der Waals surface area contributed by atoms with Gasteiger partial charge in [0.15, 0.2) is 0 Å². The van der Waals surface area contributed by atoms with E-state index in [2.05, 4.69) is 23.5 Å². The number of sulfonamides is 1. The Morgan fingerprint density at radius 2 is 1.54 bits per heavy atom. The maximum Gasteiger partial charge on any atom is 0.240 e. The molecule has 0 spiro atoms. The predicted molar refractivity (Wildman–Crippen MR) is 106 cm³/mol. The van der Waals surface area contributed by atoms with Crippen molar-refractivity contribution in [2.75, 3.05) is 19.6 Å². The van der Waals surface area contributed by atoms with E-state index in [0.717, 1.165) is 37.1 Å². The summed E-state index contributed by atoms with van der Waals surface area (Å²) in [5.41, 5.74) is 2.10. The molecule has 5 heteroatoms. The molecule has 1 N–H and O–H groups in total. The summed E-state index contributed by atoms with van der Waals surface area (Å²) >= 11 is 0. The summed E-state index contributed by atoms with van der Waals surface area (Å²) in [6.07, 6.45) is 2.10. The summed E-state index contributed by atoms with van der Waals surface area (Å²) in [7, 11) is -3.45. The monoisotopic (exact) mass is 372 g/mol. The van der Waals surface area contributed by atoms with Crippen molar-refractivity contribution in [2.24, 2.45) is 5.92 Å². The van der Waals surface area contributed by atoms with Gasteiger partial charge >= 0.3 is 0 Å². The average molecular weight is 373 g/mol. The Kier molecular flexibility index (Phi) is 6.12. The van der Waals surface area contributed by atoms with Crippen LogP contribution in [0.2, 0.25) is 0 Å². The first-order valence-electron chi connectivity index (χ1n) is 9.35. The summed E-state index contributed by atoms with van der Waals surface area (Å²) in [6, 6.07) is 17.6. The van der Waals surface area contributed by atoms with Gasteiger partial charge in [-0.25, -0.2) is 13.1 Å². The average Bonchev–Trinajstić information content (AvgIpc) is 2.67. The van der Waals surface area contributed by atoms with Gasteiger partial charge < -0.3 is 4.90 Å². The van der Waals surface area contributed by atoms with E-state index in [4.69, 9.17) is 0 Å². The zero-order chi connectivity index (χ0) is 18.6. The molecule has 4 nitrogen and oxygen atoms in total. The number of rotatable bonds is 6. The standard InChI is InChI=1S/C21H28N2O2S/c1-17(2)23-14-12-18(13-15-23)16-22-26(24,25)21-10-8-20(9-11-21)19-6-4-3-5-7-19/h3-11,17-18,22H,12-16H2,1-2H3. The summed E-state index contributed by atoms with van der Waals surface area (Å²) in [5, 5.41) is 0. The number of hydrogen-bond acceptors (Lipinski definition) is 3. The molecule has 0 radical (unpaired) electrons. The lowest BCUT2D eigenvalue weighted by atomic mass is 9.96. The Labute approximate surface area is 157 Å². The summed E-state index contributed by atoms with van der Waals surface area (Å²) in [4.78, 5) is 2.78. The predicted octanol–water partition coefficient (Wildman–Crippen LogP) is 3.75. The SMILES string of the molecule is CC(C)N1CCC(CNS(=O)(=O)c2ccc(-c3ccccc3)cc2)CC1. The zero-order valence-electron chi connectivity index (χ0n) is 15.6. The summed E-state index contributed by atoms with van der Waals surface area (Å²) in [6.45, 7) is 7.05. The number of benzene rings is 2. The molecule has 2 aromatic carbocycles. The van der Waals surface area contributed by atoms with Crippen molar-refractivity contribution < 1.29 is 8.42 Å². The molecule has 1 aliphatic heterocycles. The molecular formula is C21H28N2O2S. The van der Waals surface area contributed by atoms with Crippen molar-refractivity contribution >= 4 is 10.0 Å². The molecule has 1 aliphatic rings. The minimum Gasteiger partial charge on any atom is -0.301 e. The third-order valence-corrected chi connectivity index (χ3v) is 6.65. The van der Waals surface area contributed by atoms with Crippen molar-refractivity contribution in [1.82, 2.24) is 9.62 Å². The number of likely N-dealkylation sites (tertiary alicyclic amines) is 1. The van der Waals surface area contributed by atoms with Crippen LogP contribution in [0.3, 0.4) is 0 Å². The van der Waals surface area contributed by atoms with Gasteiger partial charge in [0, 0.05) is 12.6 Å². The van der Waals surface area contributed by atoms with Crippen LogP contribution in [0.5, 0.6) is 0 Å². The van der Waals surface area contributed by atoms with Crippen LogP contribution < -0.4 is 4.72 Å². The van der Waals surface area contributed by atoms with Crippen LogP contribution in [0, 0.1) is 5.92 Å². The fourth-order valence-electron chi connectivity index (χ4n) is 3.44. The lowest BCUT2D eigenvalue weighted by Crippen LogP contribution is -2.41. The van der Waals surface area contributed by atoms with Gasteiger partial charge in [0.05, 0.1) is 4.90 Å². The van der Waals surface area contributed by atoms with Gasteiger partial charge in [-0.15, -0.1) is 0 Å². The number of nitrogens with zero attached hydrogens (tertiary/aromatic N) is 1. The lowest BCUT2D eigenvalue weighted by Gasteiger charge is -2.34. The van der Waals surface area contributed by atoms with Crippen molar-refractivity contribution in [3.8, 4) is 11.1 Å². The summed E-state index contributed by atoms with van der Waals surface area (Å²) in [5.74, 6) is 0.420. The number of piperidine rings is 1. The second kappa shape index (κ2) is 8.33. The Morgan fingerprint density at radius 1 is 0.962 bits per heavy atom. The van der Waals surface area contributed by atoms with Crippen molar-refractivity contribution in [1.29, 1.82) is 0 Å². The fraction of sp³-hybridized carbons (Fsp3) is 0.429. The molecule has 3 rings (SSSR count). The largest absolute Gasteiger partial charge is 0.301 e.